The van der Waals surface area contributed by atoms with Gasteiger partial charge in [0.25, 0.3) is 0 Å². The molecule has 2 amide bonds. The molecule has 0 fully saturated rings. The van der Waals surface area contributed by atoms with Gasteiger partial charge in [0, 0.05) is 25.6 Å². The quantitative estimate of drug-likeness (QED) is 0.622. The highest BCUT2D eigenvalue weighted by molar-refractivity contribution is 5.78. The maximum absolute atomic E-state index is 11.6. The van der Waals surface area contributed by atoms with E-state index >= 15 is 0 Å². The zero-order valence-corrected chi connectivity index (χ0v) is 14.7. The van der Waals surface area contributed by atoms with Crippen LogP contribution in [0.3, 0.4) is 0 Å². The van der Waals surface area contributed by atoms with E-state index in [0.717, 1.165) is 16.7 Å². The zero-order chi connectivity index (χ0) is 18.6. The summed E-state index contributed by atoms with van der Waals surface area (Å²) in [6.07, 6.45) is 0.439. The van der Waals surface area contributed by atoms with Crippen molar-refractivity contribution >= 4 is 12.0 Å². The van der Waals surface area contributed by atoms with Crippen LogP contribution in [0.25, 0.3) is 0 Å². The Balaban J connectivity index is 1.66. The number of likely N-dealkylation sites (N-methyl/N-ethyl adjacent to an activating group) is 1. The number of rotatable bonds is 6. The number of alkyl carbamates (subject to hydrolysis) is 1. The lowest BCUT2D eigenvalue weighted by Crippen LogP contribution is -2.24. The highest BCUT2D eigenvalue weighted by atomic mass is 16.5. The van der Waals surface area contributed by atoms with E-state index in [1.165, 1.54) is 0 Å². The second-order valence-corrected chi connectivity index (χ2v) is 5.59. The van der Waals surface area contributed by atoms with Crippen molar-refractivity contribution in [2.45, 2.75) is 19.4 Å². The maximum atomic E-state index is 11.6. The van der Waals surface area contributed by atoms with Crippen molar-refractivity contribution in [1.29, 1.82) is 0 Å². The number of hydrogen-bond acceptors (Lipinski definition) is 3. The van der Waals surface area contributed by atoms with Crippen molar-refractivity contribution in [2.75, 3.05) is 13.6 Å². The monoisotopic (exact) mass is 350 g/mol. The molecule has 26 heavy (non-hydrogen) atoms. The molecule has 0 unspecified atom stereocenters. The second kappa shape index (κ2) is 10.6. The Morgan fingerprint density at radius 2 is 1.73 bits per heavy atom. The highest BCUT2D eigenvalue weighted by Crippen LogP contribution is 2.04. The van der Waals surface area contributed by atoms with Crippen LogP contribution in [0.2, 0.25) is 0 Å². The zero-order valence-electron chi connectivity index (χ0n) is 14.7. The molecule has 0 aliphatic carbocycles. The lowest BCUT2D eigenvalue weighted by molar-refractivity contribution is -0.119. The van der Waals surface area contributed by atoms with Gasteiger partial charge in [0.15, 0.2) is 0 Å². The molecule has 0 atom stereocenters. The van der Waals surface area contributed by atoms with Crippen molar-refractivity contribution in [3.8, 4) is 11.8 Å². The Morgan fingerprint density at radius 3 is 2.42 bits per heavy atom. The molecule has 2 aromatic rings. The van der Waals surface area contributed by atoms with E-state index in [0.29, 0.717) is 19.4 Å². The minimum Gasteiger partial charge on any atom is -0.445 e. The predicted molar refractivity (Wildman–Crippen MR) is 100 cm³/mol. The molecule has 2 N–H and O–H groups in total. The van der Waals surface area contributed by atoms with Gasteiger partial charge in [-0.15, -0.1) is 0 Å². The van der Waals surface area contributed by atoms with E-state index in [1.54, 1.807) is 7.05 Å². The van der Waals surface area contributed by atoms with Gasteiger partial charge in [0.05, 0.1) is 6.42 Å². The van der Waals surface area contributed by atoms with Crippen molar-refractivity contribution in [3.63, 3.8) is 0 Å². The van der Waals surface area contributed by atoms with Gasteiger partial charge in [-0.05, 0) is 23.3 Å². The van der Waals surface area contributed by atoms with Crippen LogP contribution in [0, 0.1) is 11.8 Å². The summed E-state index contributed by atoms with van der Waals surface area (Å²) in [4.78, 5) is 22.9. The second-order valence-electron chi connectivity index (χ2n) is 5.59. The topological polar surface area (TPSA) is 67.4 Å². The Bertz CT molecular complexity index is 774. The Labute approximate surface area is 153 Å². The molecular formula is C21H22N2O3. The summed E-state index contributed by atoms with van der Waals surface area (Å²) < 4.78 is 5.12. The van der Waals surface area contributed by atoms with E-state index in [9.17, 15) is 9.59 Å². The molecule has 0 saturated heterocycles. The molecule has 0 heterocycles. The van der Waals surface area contributed by atoms with Gasteiger partial charge in [-0.25, -0.2) is 4.79 Å². The summed E-state index contributed by atoms with van der Waals surface area (Å²) >= 11 is 0. The first-order valence-electron chi connectivity index (χ1n) is 8.40. The first kappa shape index (κ1) is 19.1. The summed E-state index contributed by atoms with van der Waals surface area (Å²) in [5.74, 6) is 6.01. The van der Waals surface area contributed by atoms with Gasteiger partial charge in [-0.1, -0.05) is 54.3 Å². The summed E-state index contributed by atoms with van der Waals surface area (Å²) in [5, 5.41) is 5.26. The smallest absolute Gasteiger partial charge is 0.407 e. The first-order chi connectivity index (χ1) is 12.7. The Hall–Kier alpha value is -3.26. The largest absolute Gasteiger partial charge is 0.445 e. The molecule has 134 valence electrons. The normalized spacial score (nSPS) is 9.58. The Morgan fingerprint density at radius 1 is 1.00 bits per heavy atom. The van der Waals surface area contributed by atoms with Crippen LogP contribution in [0.4, 0.5) is 4.79 Å². The van der Waals surface area contributed by atoms with E-state index < -0.39 is 6.09 Å². The van der Waals surface area contributed by atoms with Gasteiger partial charge < -0.3 is 15.4 Å². The molecule has 0 radical (unpaired) electrons. The lowest BCUT2D eigenvalue weighted by Gasteiger charge is -2.05. The number of carbonyl (C=O) groups excluding carboxylic acids is 2. The van der Waals surface area contributed by atoms with Crippen LogP contribution in [0.5, 0.6) is 0 Å². The van der Waals surface area contributed by atoms with E-state index in [4.69, 9.17) is 4.74 Å². The molecule has 5 heteroatoms. The summed E-state index contributed by atoms with van der Waals surface area (Å²) in [6, 6.07) is 17.1. The molecule has 2 rings (SSSR count). The first-order valence-corrected chi connectivity index (χ1v) is 8.40. The van der Waals surface area contributed by atoms with Crippen LogP contribution < -0.4 is 10.6 Å². The number of carbonyl (C=O) groups is 2. The van der Waals surface area contributed by atoms with Gasteiger partial charge in [-0.2, -0.15) is 0 Å². The minimum absolute atomic E-state index is 0.0194. The molecule has 0 spiro atoms. The number of hydrogen-bond donors (Lipinski definition) is 2. The van der Waals surface area contributed by atoms with Crippen molar-refractivity contribution in [3.05, 3.63) is 71.3 Å². The maximum Gasteiger partial charge on any atom is 0.407 e. The summed E-state index contributed by atoms with van der Waals surface area (Å²) in [6.45, 7) is 0.677. The average molecular weight is 350 g/mol. The van der Waals surface area contributed by atoms with Gasteiger partial charge >= 0.3 is 6.09 Å². The number of benzene rings is 2. The fourth-order valence-electron chi connectivity index (χ4n) is 2.15. The van der Waals surface area contributed by atoms with Crippen molar-refractivity contribution in [2.24, 2.45) is 0 Å². The third-order valence-electron chi connectivity index (χ3n) is 3.56. The molecule has 0 bridgehead atoms. The predicted octanol–water partition coefficient (Wildman–Crippen LogP) is 2.64. The molecular weight excluding hydrogens is 328 g/mol. The summed E-state index contributed by atoms with van der Waals surface area (Å²) in [5.41, 5.74) is 2.76. The average Bonchev–Trinajstić information content (AvgIpc) is 2.68. The van der Waals surface area contributed by atoms with Crippen molar-refractivity contribution in [1.82, 2.24) is 10.6 Å². The molecule has 0 saturated carbocycles. The van der Waals surface area contributed by atoms with Crippen LogP contribution in [-0.4, -0.2) is 25.6 Å². The fourth-order valence-corrected chi connectivity index (χ4v) is 2.15. The standard InChI is InChI=1S/C21H22N2O3/c1-22-20(24)15-18-12-10-17(11-13-18)7-5-6-14-23-21(25)26-16-19-8-3-2-4-9-19/h2-4,8-13H,6,14-16H2,1H3,(H,22,24)(H,23,25). The van der Waals surface area contributed by atoms with Gasteiger partial charge in [-0.3, -0.25) is 4.79 Å². The third kappa shape index (κ3) is 7.10. The van der Waals surface area contributed by atoms with Gasteiger partial charge in [0.1, 0.15) is 6.61 Å². The number of nitrogens with one attached hydrogen (secondary N) is 2. The van der Waals surface area contributed by atoms with Crippen LogP contribution >= 0.6 is 0 Å². The fraction of sp³-hybridized carbons (Fsp3) is 0.238. The SMILES string of the molecule is CNC(=O)Cc1ccc(C#CCCNC(=O)OCc2ccccc2)cc1. The minimum atomic E-state index is -0.450. The third-order valence-corrected chi connectivity index (χ3v) is 3.56. The van der Waals surface area contributed by atoms with Crippen molar-refractivity contribution < 1.29 is 14.3 Å². The Kier molecular flexibility index (Phi) is 7.75. The molecule has 2 aromatic carbocycles. The van der Waals surface area contributed by atoms with E-state index in [-0.39, 0.29) is 12.5 Å². The molecule has 5 nitrogen and oxygen atoms in total. The van der Waals surface area contributed by atoms with Crippen LogP contribution in [0.15, 0.2) is 54.6 Å². The van der Waals surface area contributed by atoms with Crippen LogP contribution in [-0.2, 0) is 22.6 Å². The lowest BCUT2D eigenvalue weighted by atomic mass is 10.1. The number of amides is 2. The molecule has 0 aromatic heterocycles. The number of ether oxygens (including phenoxy) is 1. The molecule has 0 aliphatic heterocycles. The highest BCUT2D eigenvalue weighted by Gasteiger charge is 2.01. The van der Waals surface area contributed by atoms with Gasteiger partial charge in [0.2, 0.25) is 5.91 Å². The van der Waals surface area contributed by atoms with Crippen LogP contribution in [0.1, 0.15) is 23.1 Å². The summed E-state index contributed by atoms with van der Waals surface area (Å²) in [7, 11) is 1.62. The van der Waals surface area contributed by atoms with E-state index in [1.807, 2.05) is 54.6 Å². The van der Waals surface area contributed by atoms with E-state index in [2.05, 4.69) is 22.5 Å². The molecule has 0 aliphatic rings.